The number of rotatable bonds is 9. The van der Waals surface area contributed by atoms with E-state index < -0.39 is 0 Å². The van der Waals surface area contributed by atoms with E-state index in [1.54, 1.807) is 23.6 Å². The van der Waals surface area contributed by atoms with Gasteiger partial charge in [-0.25, -0.2) is 4.98 Å². The predicted molar refractivity (Wildman–Crippen MR) is 101 cm³/mol. The first-order valence-corrected chi connectivity index (χ1v) is 9.19. The number of hydrogen-bond donors (Lipinski definition) is 2. The van der Waals surface area contributed by atoms with Crippen LogP contribution < -0.4 is 20.1 Å². The molecular formula is C18H23N3O4S. The molecule has 1 heterocycles. The summed E-state index contributed by atoms with van der Waals surface area (Å²) < 4.78 is 10.3. The minimum absolute atomic E-state index is 0.0702. The minimum Gasteiger partial charge on any atom is -0.497 e. The van der Waals surface area contributed by atoms with E-state index >= 15 is 0 Å². The fourth-order valence-electron chi connectivity index (χ4n) is 2.18. The summed E-state index contributed by atoms with van der Waals surface area (Å²) in [5.74, 6) is 0.658. The molecular weight excluding hydrogens is 354 g/mol. The molecule has 0 radical (unpaired) electrons. The number of nitrogens with one attached hydrogen (secondary N) is 2. The van der Waals surface area contributed by atoms with Crippen molar-refractivity contribution in [3.8, 4) is 11.5 Å². The molecule has 26 heavy (non-hydrogen) atoms. The number of ether oxygens (including phenoxy) is 2. The van der Waals surface area contributed by atoms with E-state index in [1.807, 2.05) is 0 Å². The highest BCUT2D eigenvalue weighted by Crippen LogP contribution is 2.24. The Hall–Kier alpha value is -2.61. The molecule has 2 N–H and O–H groups in total. The third-order valence-corrected chi connectivity index (χ3v) is 4.39. The molecule has 0 fully saturated rings. The van der Waals surface area contributed by atoms with E-state index in [-0.39, 0.29) is 18.2 Å². The SMILES string of the molecule is CCCCNC(=O)Cc1csc(NC(=O)c2cc(OC)cc(OC)c2)n1. The quantitative estimate of drug-likeness (QED) is 0.656. The van der Waals surface area contributed by atoms with Crippen LogP contribution in [0.15, 0.2) is 23.6 Å². The maximum Gasteiger partial charge on any atom is 0.257 e. The van der Waals surface area contributed by atoms with Gasteiger partial charge in [0.25, 0.3) is 5.91 Å². The summed E-state index contributed by atoms with van der Waals surface area (Å²) in [6.07, 6.45) is 2.18. The second-order valence-corrected chi connectivity index (χ2v) is 6.44. The summed E-state index contributed by atoms with van der Waals surface area (Å²) in [6, 6.07) is 4.93. The van der Waals surface area contributed by atoms with Crippen molar-refractivity contribution in [2.75, 3.05) is 26.1 Å². The van der Waals surface area contributed by atoms with E-state index in [1.165, 1.54) is 25.6 Å². The van der Waals surface area contributed by atoms with Crippen LogP contribution in [0.5, 0.6) is 11.5 Å². The Morgan fingerprint density at radius 2 is 1.85 bits per heavy atom. The molecule has 2 amide bonds. The van der Waals surface area contributed by atoms with Crippen LogP contribution in [0.3, 0.4) is 0 Å². The Balaban J connectivity index is 1.98. The molecule has 0 atom stereocenters. The smallest absolute Gasteiger partial charge is 0.257 e. The second-order valence-electron chi connectivity index (χ2n) is 5.58. The zero-order valence-corrected chi connectivity index (χ0v) is 15.9. The van der Waals surface area contributed by atoms with Gasteiger partial charge in [0.05, 0.1) is 26.3 Å². The Bertz CT molecular complexity index is 738. The maximum absolute atomic E-state index is 12.4. The average Bonchev–Trinajstić information content (AvgIpc) is 3.08. The van der Waals surface area contributed by atoms with Crippen LogP contribution in [0.1, 0.15) is 35.8 Å². The highest BCUT2D eigenvalue weighted by Gasteiger charge is 2.13. The van der Waals surface area contributed by atoms with Gasteiger partial charge in [-0.1, -0.05) is 13.3 Å². The fraction of sp³-hybridized carbons (Fsp3) is 0.389. The molecule has 0 saturated heterocycles. The first kappa shape index (κ1) is 19.7. The van der Waals surface area contributed by atoms with Crippen molar-refractivity contribution in [1.29, 1.82) is 0 Å². The van der Waals surface area contributed by atoms with Crippen LogP contribution in [-0.4, -0.2) is 37.6 Å². The molecule has 2 aromatic rings. The van der Waals surface area contributed by atoms with Gasteiger partial charge in [0.1, 0.15) is 11.5 Å². The Kier molecular flexibility index (Phi) is 7.40. The molecule has 7 nitrogen and oxygen atoms in total. The number of amides is 2. The number of methoxy groups -OCH3 is 2. The van der Waals surface area contributed by atoms with Gasteiger partial charge in [0.2, 0.25) is 5.91 Å². The van der Waals surface area contributed by atoms with Gasteiger partial charge in [0.15, 0.2) is 5.13 Å². The van der Waals surface area contributed by atoms with E-state index in [2.05, 4.69) is 22.5 Å². The summed E-state index contributed by atoms with van der Waals surface area (Å²) in [5.41, 5.74) is 1.03. The number of hydrogen-bond acceptors (Lipinski definition) is 6. The highest BCUT2D eigenvalue weighted by molar-refractivity contribution is 7.14. The van der Waals surface area contributed by atoms with Gasteiger partial charge in [0, 0.05) is 23.6 Å². The highest BCUT2D eigenvalue weighted by atomic mass is 32.1. The number of benzene rings is 1. The molecule has 8 heteroatoms. The molecule has 2 rings (SSSR count). The number of thiazole rings is 1. The number of anilines is 1. The van der Waals surface area contributed by atoms with Crippen molar-refractivity contribution in [3.05, 3.63) is 34.8 Å². The molecule has 0 saturated carbocycles. The number of aromatic nitrogens is 1. The lowest BCUT2D eigenvalue weighted by atomic mass is 10.2. The normalized spacial score (nSPS) is 10.3. The van der Waals surface area contributed by atoms with Gasteiger partial charge in [-0.05, 0) is 18.6 Å². The molecule has 1 aromatic carbocycles. The Morgan fingerprint density at radius 1 is 1.15 bits per heavy atom. The number of carbonyl (C=O) groups is 2. The Morgan fingerprint density at radius 3 is 2.46 bits per heavy atom. The molecule has 0 aliphatic heterocycles. The summed E-state index contributed by atoms with van der Waals surface area (Å²) in [7, 11) is 3.05. The summed E-state index contributed by atoms with van der Waals surface area (Å²) in [4.78, 5) is 28.5. The monoisotopic (exact) mass is 377 g/mol. The van der Waals surface area contributed by atoms with Crippen molar-refractivity contribution in [1.82, 2.24) is 10.3 Å². The lowest BCUT2D eigenvalue weighted by Gasteiger charge is -2.08. The first-order chi connectivity index (χ1) is 12.5. The molecule has 0 bridgehead atoms. The van der Waals surface area contributed by atoms with Crippen LogP contribution in [-0.2, 0) is 11.2 Å². The largest absolute Gasteiger partial charge is 0.497 e. The lowest BCUT2D eigenvalue weighted by molar-refractivity contribution is -0.120. The Labute approximate surface area is 156 Å². The van der Waals surface area contributed by atoms with Crippen LogP contribution in [0, 0.1) is 0 Å². The van der Waals surface area contributed by atoms with Crippen LogP contribution in [0.2, 0.25) is 0 Å². The van der Waals surface area contributed by atoms with Crippen LogP contribution in [0.25, 0.3) is 0 Å². The van der Waals surface area contributed by atoms with Gasteiger partial charge < -0.3 is 14.8 Å². The average molecular weight is 377 g/mol. The van der Waals surface area contributed by atoms with Crippen molar-refractivity contribution in [2.45, 2.75) is 26.2 Å². The van der Waals surface area contributed by atoms with Gasteiger partial charge >= 0.3 is 0 Å². The van der Waals surface area contributed by atoms with E-state index in [0.717, 1.165) is 12.8 Å². The zero-order valence-electron chi connectivity index (χ0n) is 15.1. The van der Waals surface area contributed by atoms with Crippen molar-refractivity contribution in [3.63, 3.8) is 0 Å². The van der Waals surface area contributed by atoms with Crippen LogP contribution in [0.4, 0.5) is 5.13 Å². The number of unbranched alkanes of at least 4 members (excludes halogenated alkanes) is 1. The van der Waals surface area contributed by atoms with E-state index in [9.17, 15) is 9.59 Å². The summed E-state index contributed by atoms with van der Waals surface area (Å²) in [6.45, 7) is 2.74. The van der Waals surface area contributed by atoms with Gasteiger partial charge in [-0.15, -0.1) is 11.3 Å². The molecule has 0 unspecified atom stereocenters. The van der Waals surface area contributed by atoms with Crippen LogP contribution >= 0.6 is 11.3 Å². The molecule has 0 spiro atoms. The van der Waals surface area contributed by atoms with Crippen molar-refractivity contribution >= 4 is 28.3 Å². The number of carbonyl (C=O) groups excluding carboxylic acids is 2. The van der Waals surface area contributed by atoms with E-state index in [0.29, 0.717) is 34.4 Å². The number of nitrogens with zero attached hydrogens (tertiary/aromatic N) is 1. The maximum atomic E-state index is 12.4. The third-order valence-electron chi connectivity index (χ3n) is 3.58. The zero-order chi connectivity index (χ0) is 18.9. The molecule has 140 valence electrons. The van der Waals surface area contributed by atoms with E-state index in [4.69, 9.17) is 9.47 Å². The third kappa shape index (κ3) is 5.73. The summed E-state index contributed by atoms with van der Waals surface area (Å²) in [5, 5.41) is 7.78. The minimum atomic E-state index is -0.324. The fourth-order valence-corrected chi connectivity index (χ4v) is 2.89. The predicted octanol–water partition coefficient (Wildman–Crippen LogP) is 2.87. The van der Waals surface area contributed by atoms with Crippen molar-refractivity contribution < 1.29 is 19.1 Å². The lowest BCUT2D eigenvalue weighted by Crippen LogP contribution is -2.26. The van der Waals surface area contributed by atoms with Crippen molar-refractivity contribution in [2.24, 2.45) is 0 Å². The van der Waals surface area contributed by atoms with Gasteiger partial charge in [-0.2, -0.15) is 0 Å². The summed E-state index contributed by atoms with van der Waals surface area (Å²) >= 11 is 1.28. The molecule has 0 aliphatic rings. The van der Waals surface area contributed by atoms with Gasteiger partial charge in [-0.3, -0.25) is 14.9 Å². The standard InChI is InChI=1S/C18H23N3O4S/c1-4-5-6-19-16(22)9-13-11-26-18(20-13)21-17(23)12-7-14(24-2)10-15(8-12)25-3/h7-8,10-11H,4-6,9H2,1-3H3,(H,19,22)(H,20,21,23). The topological polar surface area (TPSA) is 89.6 Å². The second kappa shape index (κ2) is 9.76. The molecule has 1 aromatic heterocycles. The molecule has 0 aliphatic carbocycles. The first-order valence-electron chi connectivity index (χ1n) is 8.31.